The topological polar surface area (TPSA) is 22.1 Å². The Balaban J connectivity index is 2.08. The third kappa shape index (κ3) is 2.83. The van der Waals surface area contributed by atoms with Crippen molar-refractivity contribution in [3.8, 4) is 11.6 Å². The van der Waals surface area contributed by atoms with Crippen LogP contribution >= 0.6 is 11.6 Å². The fourth-order valence-electron chi connectivity index (χ4n) is 2.11. The van der Waals surface area contributed by atoms with Gasteiger partial charge >= 0.3 is 0 Å². The Morgan fingerprint density at radius 3 is 2.76 bits per heavy atom. The van der Waals surface area contributed by atoms with Crippen LogP contribution in [0.4, 0.5) is 4.39 Å². The van der Waals surface area contributed by atoms with E-state index >= 15 is 0 Å². The zero-order chi connectivity index (χ0) is 14.8. The fraction of sp³-hybridized carbons (Fsp3) is 0.118. The number of hydrogen-bond acceptors (Lipinski definition) is 2. The molecule has 0 spiro atoms. The number of nitrogens with zero attached hydrogens (tertiary/aromatic N) is 1. The quantitative estimate of drug-likeness (QED) is 0.619. The van der Waals surface area contributed by atoms with Gasteiger partial charge in [-0.05, 0) is 30.7 Å². The molecular weight excluding hydrogens is 289 g/mol. The van der Waals surface area contributed by atoms with E-state index in [2.05, 4.69) is 4.98 Å². The van der Waals surface area contributed by atoms with Gasteiger partial charge in [0.15, 0.2) is 0 Å². The number of aryl methyl sites for hydroxylation is 1. The summed E-state index contributed by atoms with van der Waals surface area (Å²) in [7, 11) is 0. The molecule has 3 aromatic rings. The Morgan fingerprint density at radius 2 is 1.95 bits per heavy atom. The molecule has 0 bridgehead atoms. The molecule has 1 heterocycles. The van der Waals surface area contributed by atoms with Gasteiger partial charge in [0.2, 0.25) is 5.88 Å². The first-order chi connectivity index (χ1) is 10.2. The second-order valence-electron chi connectivity index (χ2n) is 4.79. The number of fused-ring (bicyclic) bond motifs is 1. The van der Waals surface area contributed by atoms with Crippen molar-refractivity contribution in [1.29, 1.82) is 0 Å². The van der Waals surface area contributed by atoms with Crippen molar-refractivity contribution < 1.29 is 9.13 Å². The lowest BCUT2D eigenvalue weighted by Gasteiger charge is -2.12. The summed E-state index contributed by atoms with van der Waals surface area (Å²) in [6, 6.07) is 14.1. The van der Waals surface area contributed by atoms with Crippen molar-refractivity contribution in [1.82, 2.24) is 4.98 Å². The average molecular weight is 302 g/mol. The Morgan fingerprint density at radius 1 is 1.14 bits per heavy atom. The van der Waals surface area contributed by atoms with Gasteiger partial charge in [-0.15, -0.1) is 11.6 Å². The van der Waals surface area contributed by atoms with Crippen LogP contribution in [0.1, 0.15) is 11.1 Å². The minimum atomic E-state index is -0.344. The first kappa shape index (κ1) is 13.8. The number of aromatic nitrogens is 1. The number of alkyl halides is 1. The molecule has 3 rings (SSSR count). The number of hydrogen-bond donors (Lipinski definition) is 0. The molecule has 2 nitrogen and oxygen atoms in total. The molecule has 0 amide bonds. The van der Waals surface area contributed by atoms with Crippen molar-refractivity contribution in [3.63, 3.8) is 0 Å². The molecule has 0 aliphatic heterocycles. The minimum Gasteiger partial charge on any atom is -0.438 e. The number of para-hydroxylation sites is 1. The summed E-state index contributed by atoms with van der Waals surface area (Å²) >= 11 is 5.98. The van der Waals surface area contributed by atoms with Crippen LogP contribution in [0, 0.1) is 12.7 Å². The molecule has 1 aromatic heterocycles. The molecule has 0 saturated heterocycles. The molecule has 0 unspecified atom stereocenters. The zero-order valence-electron chi connectivity index (χ0n) is 11.4. The summed E-state index contributed by atoms with van der Waals surface area (Å²) in [6.45, 7) is 1.86. The average Bonchev–Trinajstić information content (AvgIpc) is 2.50. The van der Waals surface area contributed by atoms with Crippen LogP contribution in [-0.2, 0) is 5.88 Å². The highest BCUT2D eigenvalue weighted by atomic mass is 35.5. The molecule has 0 atom stereocenters. The number of benzene rings is 2. The van der Waals surface area contributed by atoms with Gasteiger partial charge < -0.3 is 4.74 Å². The van der Waals surface area contributed by atoms with Gasteiger partial charge in [0.1, 0.15) is 11.6 Å². The molecule has 0 aliphatic rings. The highest BCUT2D eigenvalue weighted by Crippen LogP contribution is 2.30. The van der Waals surface area contributed by atoms with E-state index in [1.807, 2.05) is 37.3 Å². The molecule has 0 N–H and O–H groups in total. The van der Waals surface area contributed by atoms with Crippen LogP contribution in [-0.4, -0.2) is 4.98 Å². The van der Waals surface area contributed by atoms with E-state index in [0.29, 0.717) is 11.6 Å². The van der Waals surface area contributed by atoms with Crippen molar-refractivity contribution in [2.24, 2.45) is 0 Å². The zero-order valence-corrected chi connectivity index (χ0v) is 12.2. The van der Waals surface area contributed by atoms with E-state index in [-0.39, 0.29) is 11.7 Å². The maximum atomic E-state index is 13.4. The van der Waals surface area contributed by atoms with Crippen LogP contribution in [0.15, 0.2) is 48.5 Å². The van der Waals surface area contributed by atoms with Gasteiger partial charge in [-0.2, -0.15) is 0 Å². The van der Waals surface area contributed by atoms with Gasteiger partial charge in [0, 0.05) is 17.0 Å². The summed E-state index contributed by atoms with van der Waals surface area (Å²) < 4.78 is 19.1. The van der Waals surface area contributed by atoms with Crippen LogP contribution in [0.2, 0.25) is 0 Å². The summed E-state index contributed by atoms with van der Waals surface area (Å²) in [5, 5.41) is 0.997. The minimum absolute atomic E-state index is 0.279. The molecule has 0 fully saturated rings. The standard InChI is InChI=1S/C17H13ClFNO/c1-11-6-7-14(19)9-16(11)21-17-13(10-18)8-12-4-2-3-5-15(12)20-17/h2-9H,10H2,1H3. The fourth-order valence-corrected chi connectivity index (χ4v) is 2.31. The molecular formula is C17H13ClFNO. The van der Waals surface area contributed by atoms with E-state index in [4.69, 9.17) is 16.3 Å². The van der Waals surface area contributed by atoms with Crippen molar-refractivity contribution in [3.05, 3.63) is 65.5 Å². The van der Waals surface area contributed by atoms with Crippen molar-refractivity contribution in [2.75, 3.05) is 0 Å². The second kappa shape index (κ2) is 5.70. The Hall–Kier alpha value is -2.13. The van der Waals surface area contributed by atoms with Crippen molar-refractivity contribution in [2.45, 2.75) is 12.8 Å². The molecule has 0 aliphatic carbocycles. The van der Waals surface area contributed by atoms with E-state index in [0.717, 1.165) is 22.0 Å². The summed E-state index contributed by atoms with van der Waals surface area (Å²) in [5.74, 6) is 0.798. The maximum Gasteiger partial charge on any atom is 0.224 e. The maximum absolute atomic E-state index is 13.4. The smallest absolute Gasteiger partial charge is 0.224 e. The predicted molar refractivity (Wildman–Crippen MR) is 82.5 cm³/mol. The van der Waals surface area contributed by atoms with Gasteiger partial charge in [0.25, 0.3) is 0 Å². The monoisotopic (exact) mass is 301 g/mol. The summed E-state index contributed by atoms with van der Waals surface area (Å²) in [5.41, 5.74) is 2.43. The second-order valence-corrected chi connectivity index (χ2v) is 5.06. The molecule has 0 radical (unpaired) electrons. The van der Waals surface area contributed by atoms with Crippen LogP contribution in [0.3, 0.4) is 0 Å². The third-order valence-corrected chi connectivity index (χ3v) is 3.55. The van der Waals surface area contributed by atoms with Gasteiger partial charge in [-0.3, -0.25) is 0 Å². The third-order valence-electron chi connectivity index (χ3n) is 3.26. The Bertz CT molecular complexity index is 804. The summed E-state index contributed by atoms with van der Waals surface area (Å²) in [4.78, 5) is 4.48. The van der Waals surface area contributed by atoms with Gasteiger partial charge in [0.05, 0.1) is 11.4 Å². The van der Waals surface area contributed by atoms with E-state index < -0.39 is 0 Å². The molecule has 4 heteroatoms. The van der Waals surface area contributed by atoms with Crippen LogP contribution in [0.5, 0.6) is 11.6 Å². The number of pyridine rings is 1. The van der Waals surface area contributed by atoms with E-state index in [1.54, 1.807) is 6.07 Å². The van der Waals surface area contributed by atoms with Gasteiger partial charge in [-0.25, -0.2) is 9.37 Å². The first-order valence-electron chi connectivity index (χ1n) is 6.56. The SMILES string of the molecule is Cc1ccc(F)cc1Oc1nc2ccccc2cc1CCl. The largest absolute Gasteiger partial charge is 0.438 e. The molecule has 0 saturated carbocycles. The van der Waals surface area contributed by atoms with Crippen LogP contribution in [0.25, 0.3) is 10.9 Å². The normalized spacial score (nSPS) is 10.8. The van der Waals surface area contributed by atoms with E-state index in [1.165, 1.54) is 12.1 Å². The lowest BCUT2D eigenvalue weighted by Crippen LogP contribution is -1.96. The lowest BCUT2D eigenvalue weighted by atomic mass is 10.1. The van der Waals surface area contributed by atoms with Crippen LogP contribution < -0.4 is 4.74 Å². The van der Waals surface area contributed by atoms with E-state index in [9.17, 15) is 4.39 Å². The number of rotatable bonds is 3. The first-order valence-corrected chi connectivity index (χ1v) is 7.09. The summed E-state index contributed by atoms with van der Waals surface area (Å²) in [6.07, 6.45) is 0. The Kier molecular flexibility index (Phi) is 3.76. The number of ether oxygens (including phenoxy) is 1. The van der Waals surface area contributed by atoms with Crippen molar-refractivity contribution >= 4 is 22.5 Å². The predicted octanol–water partition coefficient (Wildman–Crippen LogP) is 5.21. The highest BCUT2D eigenvalue weighted by Gasteiger charge is 2.10. The number of halogens is 2. The highest BCUT2D eigenvalue weighted by molar-refractivity contribution is 6.17. The molecule has 106 valence electrons. The molecule has 21 heavy (non-hydrogen) atoms. The molecule has 2 aromatic carbocycles. The Labute approximate surface area is 127 Å². The van der Waals surface area contributed by atoms with Gasteiger partial charge in [-0.1, -0.05) is 24.3 Å². The lowest BCUT2D eigenvalue weighted by molar-refractivity contribution is 0.452.